The highest BCUT2D eigenvalue weighted by molar-refractivity contribution is 5.76. The molecule has 0 spiro atoms. The van der Waals surface area contributed by atoms with Gasteiger partial charge in [0.25, 0.3) is 0 Å². The van der Waals surface area contributed by atoms with Gasteiger partial charge < -0.3 is 14.8 Å². The van der Waals surface area contributed by atoms with Crippen molar-refractivity contribution in [1.82, 2.24) is 5.32 Å². The lowest BCUT2D eigenvalue weighted by Crippen LogP contribution is -2.24. The summed E-state index contributed by atoms with van der Waals surface area (Å²) < 4.78 is 5.18. The van der Waals surface area contributed by atoms with Gasteiger partial charge in [-0.3, -0.25) is 4.79 Å². The van der Waals surface area contributed by atoms with E-state index in [0.29, 0.717) is 19.4 Å². The number of carbonyl (C=O) groups is 1. The van der Waals surface area contributed by atoms with Crippen molar-refractivity contribution in [2.24, 2.45) is 0 Å². The predicted molar refractivity (Wildman–Crippen MR) is 76.5 cm³/mol. The third-order valence-electron chi connectivity index (χ3n) is 3.08. The minimum Gasteiger partial charge on any atom is -0.508 e. The average molecular weight is 273 g/mol. The van der Waals surface area contributed by atoms with Crippen LogP contribution in [0, 0.1) is 0 Å². The highest BCUT2D eigenvalue weighted by atomic mass is 16.3. The molecule has 0 radical (unpaired) electrons. The number of furan rings is 1. The number of aromatic hydroxyl groups is 1. The Kier molecular flexibility index (Phi) is 5.24. The van der Waals surface area contributed by atoms with Crippen LogP contribution < -0.4 is 5.32 Å². The van der Waals surface area contributed by atoms with Crippen LogP contribution in [0.25, 0.3) is 0 Å². The van der Waals surface area contributed by atoms with Crippen molar-refractivity contribution in [3.05, 3.63) is 54.0 Å². The van der Waals surface area contributed by atoms with E-state index in [9.17, 15) is 9.90 Å². The molecule has 0 aliphatic carbocycles. The van der Waals surface area contributed by atoms with Gasteiger partial charge >= 0.3 is 0 Å². The summed E-state index contributed by atoms with van der Waals surface area (Å²) in [6.45, 7) is 0.665. The van der Waals surface area contributed by atoms with Crippen LogP contribution in [-0.4, -0.2) is 17.6 Å². The molecule has 4 nitrogen and oxygen atoms in total. The second-order valence-corrected chi connectivity index (χ2v) is 4.70. The molecule has 2 aromatic rings. The van der Waals surface area contributed by atoms with E-state index in [-0.39, 0.29) is 11.7 Å². The number of carbonyl (C=O) groups excluding carboxylic acids is 1. The van der Waals surface area contributed by atoms with Crippen LogP contribution in [0.5, 0.6) is 5.75 Å². The van der Waals surface area contributed by atoms with Crippen molar-refractivity contribution < 1.29 is 14.3 Å². The van der Waals surface area contributed by atoms with E-state index in [2.05, 4.69) is 5.32 Å². The van der Waals surface area contributed by atoms with Crippen molar-refractivity contribution in [3.8, 4) is 5.75 Å². The van der Waals surface area contributed by atoms with Gasteiger partial charge in [-0.05, 0) is 42.7 Å². The van der Waals surface area contributed by atoms with Crippen LogP contribution in [0.3, 0.4) is 0 Å². The maximum Gasteiger partial charge on any atom is 0.220 e. The summed E-state index contributed by atoms with van der Waals surface area (Å²) in [6, 6.07) is 10.8. The summed E-state index contributed by atoms with van der Waals surface area (Å²) in [6.07, 6.45) is 4.48. The van der Waals surface area contributed by atoms with Gasteiger partial charge in [0.1, 0.15) is 11.5 Å². The van der Waals surface area contributed by atoms with E-state index in [1.807, 2.05) is 24.3 Å². The number of rotatable bonds is 7. The number of nitrogens with one attached hydrogen (secondary N) is 1. The molecule has 0 unspecified atom stereocenters. The summed E-state index contributed by atoms with van der Waals surface area (Å²) >= 11 is 0. The molecule has 1 aromatic carbocycles. The molecule has 0 aliphatic rings. The molecule has 0 saturated heterocycles. The maximum absolute atomic E-state index is 11.6. The molecule has 4 heteroatoms. The van der Waals surface area contributed by atoms with Gasteiger partial charge in [0.2, 0.25) is 5.91 Å². The third kappa shape index (κ3) is 4.80. The summed E-state index contributed by atoms with van der Waals surface area (Å²) in [5, 5.41) is 12.1. The predicted octanol–water partition coefficient (Wildman–Crippen LogP) is 2.67. The van der Waals surface area contributed by atoms with Gasteiger partial charge in [0.15, 0.2) is 0 Å². The Hall–Kier alpha value is -2.23. The summed E-state index contributed by atoms with van der Waals surface area (Å²) in [5.41, 5.74) is 1.16. The molecular formula is C16H19NO3. The van der Waals surface area contributed by atoms with Crippen LogP contribution >= 0.6 is 0 Å². The fraction of sp³-hybridized carbons (Fsp3) is 0.312. The van der Waals surface area contributed by atoms with Crippen LogP contribution in [0.15, 0.2) is 47.1 Å². The molecule has 106 valence electrons. The molecule has 2 rings (SSSR count). The van der Waals surface area contributed by atoms with E-state index in [0.717, 1.165) is 24.2 Å². The molecule has 0 fully saturated rings. The van der Waals surface area contributed by atoms with Gasteiger partial charge in [-0.2, -0.15) is 0 Å². The number of amides is 1. The molecule has 0 saturated carbocycles. The van der Waals surface area contributed by atoms with Crippen LogP contribution in [0.4, 0.5) is 0 Å². The smallest absolute Gasteiger partial charge is 0.220 e. The topological polar surface area (TPSA) is 62.5 Å². The van der Waals surface area contributed by atoms with E-state index in [1.54, 1.807) is 18.4 Å². The standard InChI is InChI=1S/C16H19NO3/c18-14-7-5-13(6-8-14)3-1-11-17-16(19)10-9-15-4-2-12-20-15/h2,4-8,12,18H,1,3,9-11H2,(H,17,19). The zero-order valence-corrected chi connectivity index (χ0v) is 11.3. The monoisotopic (exact) mass is 273 g/mol. The van der Waals surface area contributed by atoms with E-state index in [4.69, 9.17) is 4.42 Å². The Bertz CT molecular complexity index is 517. The average Bonchev–Trinajstić information content (AvgIpc) is 2.96. The number of aryl methyl sites for hydroxylation is 2. The molecule has 1 aromatic heterocycles. The third-order valence-corrected chi connectivity index (χ3v) is 3.08. The SMILES string of the molecule is O=C(CCc1ccco1)NCCCc1ccc(O)cc1. The molecule has 20 heavy (non-hydrogen) atoms. The molecule has 0 atom stereocenters. The lowest BCUT2D eigenvalue weighted by Gasteiger charge is -2.05. The van der Waals surface area contributed by atoms with Gasteiger partial charge in [-0.15, -0.1) is 0 Å². The number of benzene rings is 1. The van der Waals surface area contributed by atoms with E-state index >= 15 is 0 Å². The lowest BCUT2D eigenvalue weighted by atomic mass is 10.1. The van der Waals surface area contributed by atoms with Crippen LogP contribution in [-0.2, 0) is 17.6 Å². The summed E-state index contributed by atoms with van der Waals surface area (Å²) in [4.78, 5) is 11.6. The molecule has 0 bridgehead atoms. The first-order valence-electron chi connectivity index (χ1n) is 6.81. The second-order valence-electron chi connectivity index (χ2n) is 4.70. The normalized spacial score (nSPS) is 10.4. The molecule has 1 amide bonds. The largest absolute Gasteiger partial charge is 0.508 e. The minimum atomic E-state index is 0.0482. The number of phenolic OH excluding ortho intramolecular Hbond substituents is 1. The van der Waals surface area contributed by atoms with Gasteiger partial charge in [-0.25, -0.2) is 0 Å². The molecule has 1 heterocycles. The lowest BCUT2D eigenvalue weighted by molar-refractivity contribution is -0.121. The maximum atomic E-state index is 11.6. The Morgan fingerprint density at radius 1 is 1.15 bits per heavy atom. The van der Waals surface area contributed by atoms with Gasteiger partial charge in [0.05, 0.1) is 6.26 Å². The number of phenols is 1. The zero-order valence-electron chi connectivity index (χ0n) is 11.3. The van der Waals surface area contributed by atoms with Gasteiger partial charge in [-0.1, -0.05) is 12.1 Å². The zero-order chi connectivity index (χ0) is 14.2. The second kappa shape index (κ2) is 7.38. The van der Waals surface area contributed by atoms with Crippen molar-refractivity contribution in [2.45, 2.75) is 25.7 Å². The van der Waals surface area contributed by atoms with Crippen LogP contribution in [0.2, 0.25) is 0 Å². The first-order chi connectivity index (χ1) is 9.74. The molecular weight excluding hydrogens is 254 g/mol. The van der Waals surface area contributed by atoms with Crippen molar-refractivity contribution in [1.29, 1.82) is 0 Å². The van der Waals surface area contributed by atoms with Crippen molar-refractivity contribution in [3.63, 3.8) is 0 Å². The fourth-order valence-electron chi connectivity index (χ4n) is 1.96. The first kappa shape index (κ1) is 14.2. The van der Waals surface area contributed by atoms with E-state index < -0.39 is 0 Å². The quantitative estimate of drug-likeness (QED) is 0.762. The van der Waals surface area contributed by atoms with Crippen molar-refractivity contribution >= 4 is 5.91 Å². The number of hydrogen-bond donors (Lipinski definition) is 2. The van der Waals surface area contributed by atoms with Gasteiger partial charge in [0, 0.05) is 19.4 Å². The Morgan fingerprint density at radius 3 is 2.65 bits per heavy atom. The minimum absolute atomic E-state index is 0.0482. The van der Waals surface area contributed by atoms with Crippen molar-refractivity contribution in [2.75, 3.05) is 6.54 Å². The Balaban J connectivity index is 1.58. The highest BCUT2D eigenvalue weighted by Gasteiger charge is 2.03. The van der Waals surface area contributed by atoms with E-state index in [1.165, 1.54) is 0 Å². The Labute approximate surface area is 118 Å². The molecule has 0 aliphatic heterocycles. The van der Waals surface area contributed by atoms with Crippen LogP contribution in [0.1, 0.15) is 24.2 Å². The summed E-state index contributed by atoms with van der Waals surface area (Å²) in [7, 11) is 0. The first-order valence-corrected chi connectivity index (χ1v) is 6.81. The fourth-order valence-corrected chi connectivity index (χ4v) is 1.96. The summed E-state index contributed by atoms with van der Waals surface area (Å²) in [5.74, 6) is 1.16. The highest BCUT2D eigenvalue weighted by Crippen LogP contribution is 2.10. The Morgan fingerprint density at radius 2 is 1.95 bits per heavy atom. The molecule has 2 N–H and O–H groups in total. The number of hydrogen-bond acceptors (Lipinski definition) is 3.